The lowest BCUT2D eigenvalue weighted by Crippen LogP contribution is -2.00. The summed E-state index contributed by atoms with van der Waals surface area (Å²) >= 11 is 0. The van der Waals surface area contributed by atoms with E-state index in [1.807, 2.05) is 6.92 Å². The van der Waals surface area contributed by atoms with Gasteiger partial charge in [-0.2, -0.15) is 0 Å². The van der Waals surface area contributed by atoms with Gasteiger partial charge in [-0.15, -0.1) is 0 Å². The van der Waals surface area contributed by atoms with Crippen molar-refractivity contribution >= 4 is 15.9 Å². The van der Waals surface area contributed by atoms with Crippen molar-refractivity contribution in [2.24, 2.45) is 0 Å². The second-order valence-corrected chi connectivity index (χ2v) is 5.56. The molecular weight excluding hydrogens is 212 g/mol. The average molecular weight is 224 g/mol. The van der Waals surface area contributed by atoms with Crippen molar-refractivity contribution in [3.8, 4) is 5.75 Å². The number of phenolic OH excluding ortho intramolecular Hbond substituents is 1. The van der Waals surface area contributed by atoms with Crippen LogP contribution in [0.1, 0.15) is 25.3 Å². The lowest BCUT2D eigenvalue weighted by Gasteiger charge is -2.02. The highest BCUT2D eigenvalue weighted by molar-refractivity contribution is 7.95. The summed E-state index contributed by atoms with van der Waals surface area (Å²) < 4.78 is 23.9. The first-order chi connectivity index (χ1) is 7.05. The Labute approximate surface area is 89.0 Å². The van der Waals surface area contributed by atoms with E-state index in [0.29, 0.717) is 16.9 Å². The van der Waals surface area contributed by atoms with Crippen LogP contribution in [0.25, 0.3) is 6.08 Å². The van der Waals surface area contributed by atoms with Crippen LogP contribution in [0.3, 0.4) is 0 Å². The molecular formula is C11H12O3S. The van der Waals surface area contributed by atoms with Crippen molar-refractivity contribution in [1.29, 1.82) is 0 Å². The molecule has 4 heteroatoms. The molecule has 2 rings (SSSR count). The second kappa shape index (κ2) is 3.38. The molecule has 0 aromatic heterocycles. The van der Waals surface area contributed by atoms with Crippen LogP contribution >= 0.6 is 0 Å². The minimum Gasteiger partial charge on any atom is -0.508 e. The summed E-state index contributed by atoms with van der Waals surface area (Å²) in [6.07, 6.45) is 3.04. The molecule has 80 valence electrons. The molecule has 0 aliphatic carbocycles. The van der Waals surface area contributed by atoms with E-state index >= 15 is 0 Å². The molecule has 1 aliphatic heterocycles. The maximum Gasteiger partial charge on any atom is 0.203 e. The molecule has 3 nitrogen and oxygen atoms in total. The predicted molar refractivity (Wildman–Crippen MR) is 58.2 cm³/mol. The fourth-order valence-electron chi connectivity index (χ4n) is 1.72. The fourth-order valence-corrected chi connectivity index (χ4v) is 3.47. The number of aromatic hydroxyl groups is 1. The molecule has 0 spiro atoms. The summed E-state index contributed by atoms with van der Waals surface area (Å²) in [5.41, 5.74) is 0.677. The quantitative estimate of drug-likeness (QED) is 0.838. The van der Waals surface area contributed by atoms with Gasteiger partial charge in [-0.25, -0.2) is 8.42 Å². The number of phenols is 1. The van der Waals surface area contributed by atoms with Crippen molar-refractivity contribution in [2.75, 3.05) is 0 Å². The molecule has 1 aromatic carbocycles. The van der Waals surface area contributed by atoms with Gasteiger partial charge in [0, 0.05) is 4.91 Å². The standard InChI is InChI=1S/C11H12O3S/c1-2-3-10-6-8-4-5-9(12)7-11(8)15(10,13)14/h4-7,12H,2-3H2,1H3. The first kappa shape index (κ1) is 10.2. The first-order valence-electron chi connectivity index (χ1n) is 4.84. The van der Waals surface area contributed by atoms with E-state index in [0.717, 1.165) is 6.42 Å². The minimum absolute atomic E-state index is 0.0107. The smallest absolute Gasteiger partial charge is 0.203 e. The van der Waals surface area contributed by atoms with Gasteiger partial charge in [-0.3, -0.25) is 0 Å². The monoisotopic (exact) mass is 224 g/mol. The Kier molecular flexibility index (Phi) is 2.31. The Bertz CT molecular complexity index is 527. The Balaban J connectivity index is 2.58. The van der Waals surface area contributed by atoms with Crippen LogP contribution in [0.5, 0.6) is 5.75 Å². The number of hydrogen-bond acceptors (Lipinski definition) is 3. The average Bonchev–Trinajstić information content (AvgIpc) is 2.41. The Morgan fingerprint density at radius 2 is 2.07 bits per heavy atom. The summed E-state index contributed by atoms with van der Waals surface area (Å²) in [7, 11) is -3.33. The fraction of sp³-hybridized carbons (Fsp3) is 0.273. The third kappa shape index (κ3) is 1.55. The third-order valence-electron chi connectivity index (χ3n) is 2.44. The highest BCUT2D eigenvalue weighted by Gasteiger charge is 2.28. The predicted octanol–water partition coefficient (Wildman–Crippen LogP) is 2.32. The molecule has 0 saturated carbocycles. The summed E-state index contributed by atoms with van der Waals surface area (Å²) in [6, 6.07) is 4.44. The number of sulfone groups is 1. The van der Waals surface area contributed by atoms with E-state index in [9.17, 15) is 13.5 Å². The molecule has 1 aliphatic rings. The zero-order valence-corrected chi connectivity index (χ0v) is 9.21. The largest absolute Gasteiger partial charge is 0.508 e. The van der Waals surface area contributed by atoms with Gasteiger partial charge in [-0.1, -0.05) is 13.3 Å². The highest BCUT2D eigenvalue weighted by Crippen LogP contribution is 2.36. The third-order valence-corrected chi connectivity index (χ3v) is 4.39. The number of fused-ring (bicyclic) bond motifs is 1. The molecule has 0 unspecified atom stereocenters. The molecule has 0 fully saturated rings. The van der Waals surface area contributed by atoms with Crippen molar-refractivity contribution in [2.45, 2.75) is 24.7 Å². The molecule has 0 amide bonds. The Hall–Kier alpha value is -1.29. The highest BCUT2D eigenvalue weighted by atomic mass is 32.2. The van der Waals surface area contributed by atoms with Crippen LogP contribution in [-0.4, -0.2) is 13.5 Å². The number of hydrogen-bond donors (Lipinski definition) is 1. The molecule has 1 heterocycles. The summed E-state index contributed by atoms with van der Waals surface area (Å²) in [6.45, 7) is 1.94. The van der Waals surface area contributed by atoms with E-state index in [-0.39, 0.29) is 10.6 Å². The van der Waals surface area contributed by atoms with E-state index < -0.39 is 9.84 Å². The molecule has 1 N–H and O–H groups in total. The van der Waals surface area contributed by atoms with Crippen molar-refractivity contribution in [1.82, 2.24) is 0 Å². The lowest BCUT2D eigenvalue weighted by atomic mass is 10.2. The van der Waals surface area contributed by atoms with E-state index in [2.05, 4.69) is 0 Å². The van der Waals surface area contributed by atoms with Crippen LogP contribution in [0.4, 0.5) is 0 Å². The van der Waals surface area contributed by atoms with Gasteiger partial charge in [0.25, 0.3) is 0 Å². The van der Waals surface area contributed by atoms with Gasteiger partial charge in [-0.05, 0) is 36.3 Å². The SMILES string of the molecule is CCCC1=Cc2ccc(O)cc2S1(=O)=O. The van der Waals surface area contributed by atoms with E-state index in [1.54, 1.807) is 12.1 Å². The molecule has 0 radical (unpaired) electrons. The molecule has 0 saturated heterocycles. The minimum atomic E-state index is -3.33. The second-order valence-electron chi connectivity index (χ2n) is 3.59. The van der Waals surface area contributed by atoms with E-state index in [4.69, 9.17) is 0 Å². The maximum atomic E-state index is 11.9. The van der Waals surface area contributed by atoms with Crippen molar-refractivity contribution in [3.63, 3.8) is 0 Å². The van der Waals surface area contributed by atoms with Crippen LogP contribution in [0, 0.1) is 0 Å². The maximum absolute atomic E-state index is 11.9. The van der Waals surface area contributed by atoms with Gasteiger partial charge < -0.3 is 5.11 Å². The zero-order chi connectivity index (χ0) is 11.1. The van der Waals surface area contributed by atoms with Crippen LogP contribution in [0.15, 0.2) is 28.0 Å². The van der Waals surface area contributed by atoms with Gasteiger partial charge in [0.2, 0.25) is 9.84 Å². The zero-order valence-electron chi connectivity index (χ0n) is 8.40. The van der Waals surface area contributed by atoms with Crippen molar-refractivity contribution in [3.05, 3.63) is 28.7 Å². The Morgan fingerprint density at radius 1 is 1.33 bits per heavy atom. The number of rotatable bonds is 2. The number of benzene rings is 1. The van der Waals surface area contributed by atoms with Gasteiger partial charge >= 0.3 is 0 Å². The molecule has 0 atom stereocenters. The molecule has 0 bridgehead atoms. The van der Waals surface area contributed by atoms with Crippen molar-refractivity contribution < 1.29 is 13.5 Å². The van der Waals surface area contributed by atoms with Gasteiger partial charge in [0.05, 0.1) is 4.90 Å². The molecule has 15 heavy (non-hydrogen) atoms. The van der Waals surface area contributed by atoms with Gasteiger partial charge in [0.15, 0.2) is 0 Å². The van der Waals surface area contributed by atoms with Crippen LogP contribution < -0.4 is 0 Å². The topological polar surface area (TPSA) is 54.4 Å². The lowest BCUT2D eigenvalue weighted by molar-refractivity contribution is 0.473. The van der Waals surface area contributed by atoms with Crippen LogP contribution in [0.2, 0.25) is 0 Å². The van der Waals surface area contributed by atoms with E-state index in [1.165, 1.54) is 12.1 Å². The summed E-state index contributed by atoms with van der Waals surface area (Å²) in [5, 5.41) is 9.26. The summed E-state index contributed by atoms with van der Waals surface area (Å²) in [5.74, 6) is -0.0107. The molecule has 1 aromatic rings. The first-order valence-corrected chi connectivity index (χ1v) is 6.32. The normalized spacial score (nSPS) is 17.3. The van der Waals surface area contributed by atoms with Crippen LogP contribution in [-0.2, 0) is 9.84 Å². The summed E-state index contributed by atoms with van der Waals surface area (Å²) in [4.78, 5) is 0.677. The van der Waals surface area contributed by atoms with Gasteiger partial charge in [0.1, 0.15) is 5.75 Å². The number of allylic oxidation sites excluding steroid dienone is 1. The Morgan fingerprint density at radius 3 is 2.73 bits per heavy atom.